The second kappa shape index (κ2) is 7.42. The Kier molecular flexibility index (Phi) is 4.42. The van der Waals surface area contributed by atoms with Crippen molar-refractivity contribution in [2.75, 3.05) is 25.6 Å². The van der Waals surface area contributed by atoms with Crippen LogP contribution in [0.3, 0.4) is 0 Å². The molecule has 0 unspecified atom stereocenters. The van der Waals surface area contributed by atoms with Gasteiger partial charge >= 0.3 is 0 Å². The largest absolute Gasteiger partial charge is 0.479 e. The fourth-order valence-corrected chi connectivity index (χ4v) is 6.90. The maximum Gasteiger partial charge on any atom is 0.239 e. The molecule has 7 rings (SSSR count). The molecule has 3 atom stereocenters. The number of aromatic nitrogens is 5. The molecule has 0 radical (unpaired) electrons. The molecule has 2 bridgehead atoms. The van der Waals surface area contributed by atoms with E-state index in [1.54, 1.807) is 31.0 Å². The number of Topliss-reactive ketones (excluding diaryl/α,β-unsaturated/α-hetero) is 1. The molecular formula is C23H23N7O3S. The number of aromatic amines is 1. The zero-order chi connectivity index (χ0) is 22.9. The molecule has 11 heteroatoms. The number of nitrogens with one attached hydrogen (secondary N) is 3. The van der Waals surface area contributed by atoms with Gasteiger partial charge in [0.15, 0.2) is 11.4 Å². The minimum atomic E-state index is -0.620. The van der Waals surface area contributed by atoms with Gasteiger partial charge in [0.05, 0.1) is 25.3 Å². The van der Waals surface area contributed by atoms with Gasteiger partial charge in [0.25, 0.3) is 0 Å². The molecule has 4 aromatic rings. The molecule has 0 aromatic carbocycles. The Morgan fingerprint density at radius 3 is 3.12 bits per heavy atom. The van der Waals surface area contributed by atoms with Crippen LogP contribution < -0.4 is 15.4 Å². The number of nitrogens with zero attached hydrogens (tertiary/aromatic N) is 4. The van der Waals surface area contributed by atoms with Crippen LogP contribution in [-0.2, 0) is 22.4 Å². The maximum absolute atomic E-state index is 13.4. The summed E-state index contributed by atoms with van der Waals surface area (Å²) in [5, 5.41) is 15.6. The second-order valence-electron chi connectivity index (χ2n) is 9.28. The number of methoxy groups -OCH3 is 1. The fourth-order valence-electron chi connectivity index (χ4n) is 5.63. The summed E-state index contributed by atoms with van der Waals surface area (Å²) in [4.78, 5) is 29.2. The zero-order valence-corrected chi connectivity index (χ0v) is 19.4. The van der Waals surface area contributed by atoms with Crippen LogP contribution >= 0.6 is 11.3 Å². The lowest BCUT2D eigenvalue weighted by molar-refractivity contribution is -0.143. The summed E-state index contributed by atoms with van der Waals surface area (Å²) in [7, 11) is 1.59. The highest BCUT2D eigenvalue weighted by atomic mass is 32.1. The fraction of sp³-hybridized carbons (Fsp3) is 0.435. The maximum atomic E-state index is 13.4. The number of fused-ring (bicyclic) bond motifs is 6. The summed E-state index contributed by atoms with van der Waals surface area (Å²) in [5.41, 5.74) is 1.98. The van der Waals surface area contributed by atoms with Crippen LogP contribution in [0.2, 0.25) is 0 Å². The number of carbonyl (C=O) groups is 1. The van der Waals surface area contributed by atoms with Crippen molar-refractivity contribution >= 4 is 49.9 Å². The second-order valence-corrected chi connectivity index (χ2v) is 10.4. The number of aryl methyl sites for hydroxylation is 1. The lowest BCUT2D eigenvalue weighted by atomic mass is 9.79. The van der Waals surface area contributed by atoms with E-state index in [0.29, 0.717) is 36.4 Å². The Labute approximate surface area is 198 Å². The minimum Gasteiger partial charge on any atom is -0.479 e. The number of H-pyrrole nitrogens is 1. The van der Waals surface area contributed by atoms with Crippen LogP contribution in [0.25, 0.3) is 21.3 Å². The van der Waals surface area contributed by atoms with Gasteiger partial charge in [-0.3, -0.25) is 9.89 Å². The van der Waals surface area contributed by atoms with Crippen LogP contribution in [0.15, 0.2) is 18.6 Å². The van der Waals surface area contributed by atoms with Gasteiger partial charge < -0.3 is 20.1 Å². The van der Waals surface area contributed by atoms with Crippen molar-refractivity contribution in [1.82, 2.24) is 30.5 Å². The molecule has 2 fully saturated rings. The number of ether oxygens (including phenoxy) is 2. The first-order chi connectivity index (χ1) is 16.6. The topological polar surface area (TPSA) is 127 Å². The standard InChI is InChI=1S/C23H23N7O3S/c1-32-21-15(4-12-7-27-30-19(12)29-21)28-20-17-14-3-2-11(5-16(14)34-22(17)26-10-25-20)18(31)23-6-13(8-33-23)24-9-23/h4,7,10-11,13,24H,2-3,5-6,8-9H2,1H3,(H,25,26,28)(H,27,29,30)/t11-,13+,23+/m0/s1. The van der Waals surface area contributed by atoms with Crippen molar-refractivity contribution in [3.05, 3.63) is 29.0 Å². The van der Waals surface area contributed by atoms with Crippen molar-refractivity contribution < 1.29 is 14.3 Å². The predicted molar refractivity (Wildman–Crippen MR) is 127 cm³/mol. The highest BCUT2D eigenvalue weighted by Crippen LogP contribution is 2.43. The molecule has 0 saturated carbocycles. The molecule has 10 nitrogen and oxygen atoms in total. The normalized spacial score (nSPS) is 25.7. The summed E-state index contributed by atoms with van der Waals surface area (Å²) in [6.07, 6.45) is 6.46. The molecule has 0 amide bonds. The quantitative estimate of drug-likeness (QED) is 0.397. The lowest BCUT2D eigenvalue weighted by Crippen LogP contribution is -2.48. The van der Waals surface area contributed by atoms with E-state index in [4.69, 9.17) is 9.47 Å². The van der Waals surface area contributed by atoms with E-state index in [9.17, 15) is 4.79 Å². The van der Waals surface area contributed by atoms with Crippen LogP contribution in [0.1, 0.15) is 23.3 Å². The number of thiophene rings is 1. The first kappa shape index (κ1) is 20.2. The van der Waals surface area contributed by atoms with Crippen LogP contribution in [-0.4, -0.2) is 62.8 Å². The molecule has 3 N–H and O–H groups in total. The van der Waals surface area contributed by atoms with Crippen LogP contribution in [0, 0.1) is 5.92 Å². The lowest BCUT2D eigenvalue weighted by Gasteiger charge is -2.31. The van der Waals surface area contributed by atoms with Gasteiger partial charge in [-0.25, -0.2) is 9.97 Å². The third kappa shape index (κ3) is 2.97. The Balaban J connectivity index is 1.23. The Hall–Kier alpha value is -3.15. The molecule has 4 aromatic heterocycles. The van der Waals surface area contributed by atoms with E-state index < -0.39 is 5.60 Å². The van der Waals surface area contributed by atoms with Gasteiger partial charge in [0.2, 0.25) is 5.88 Å². The van der Waals surface area contributed by atoms with Gasteiger partial charge in [-0.05, 0) is 30.9 Å². The van der Waals surface area contributed by atoms with Crippen LogP contribution in [0.4, 0.5) is 11.5 Å². The van der Waals surface area contributed by atoms with E-state index in [2.05, 4.69) is 35.8 Å². The molecule has 6 heterocycles. The first-order valence-electron chi connectivity index (χ1n) is 11.5. The number of ketones is 1. The van der Waals surface area contributed by atoms with E-state index in [1.807, 2.05) is 6.07 Å². The Morgan fingerprint density at radius 1 is 1.38 bits per heavy atom. The molecule has 34 heavy (non-hydrogen) atoms. The third-order valence-corrected chi connectivity index (χ3v) is 8.48. The molecule has 0 spiro atoms. The predicted octanol–water partition coefficient (Wildman–Crippen LogP) is 2.52. The first-order valence-corrected chi connectivity index (χ1v) is 12.3. The molecule has 2 aliphatic heterocycles. The number of carbonyl (C=O) groups excluding carboxylic acids is 1. The molecule has 2 saturated heterocycles. The highest BCUT2D eigenvalue weighted by molar-refractivity contribution is 7.19. The number of morpholine rings is 1. The highest BCUT2D eigenvalue weighted by Gasteiger charge is 2.53. The van der Waals surface area contributed by atoms with E-state index in [1.165, 1.54) is 10.4 Å². The van der Waals surface area contributed by atoms with E-state index in [0.717, 1.165) is 47.1 Å². The van der Waals surface area contributed by atoms with Crippen LogP contribution in [0.5, 0.6) is 5.88 Å². The van der Waals surface area contributed by atoms with Gasteiger partial charge in [-0.2, -0.15) is 10.1 Å². The van der Waals surface area contributed by atoms with Gasteiger partial charge in [0.1, 0.15) is 28.3 Å². The third-order valence-electron chi connectivity index (χ3n) is 7.32. The summed E-state index contributed by atoms with van der Waals surface area (Å²) >= 11 is 1.66. The smallest absolute Gasteiger partial charge is 0.239 e. The molecule has 1 aliphatic carbocycles. The average molecular weight is 478 g/mol. The van der Waals surface area contributed by atoms with Crippen molar-refractivity contribution in [2.24, 2.45) is 5.92 Å². The van der Waals surface area contributed by atoms with E-state index >= 15 is 0 Å². The van der Waals surface area contributed by atoms with E-state index in [-0.39, 0.29) is 11.7 Å². The Morgan fingerprint density at radius 2 is 2.32 bits per heavy atom. The van der Waals surface area contributed by atoms with Crippen molar-refractivity contribution in [3.63, 3.8) is 0 Å². The van der Waals surface area contributed by atoms with Crippen molar-refractivity contribution in [2.45, 2.75) is 37.3 Å². The number of hydrogen-bond donors (Lipinski definition) is 3. The summed E-state index contributed by atoms with van der Waals surface area (Å²) < 4.78 is 11.5. The molecule has 174 valence electrons. The minimum absolute atomic E-state index is 0.0172. The Bertz CT molecular complexity index is 1440. The van der Waals surface area contributed by atoms with Crippen molar-refractivity contribution in [1.29, 1.82) is 0 Å². The number of anilines is 2. The molecular weight excluding hydrogens is 454 g/mol. The summed E-state index contributed by atoms with van der Waals surface area (Å²) in [6, 6.07) is 2.26. The van der Waals surface area contributed by atoms with Crippen molar-refractivity contribution in [3.8, 4) is 5.88 Å². The summed E-state index contributed by atoms with van der Waals surface area (Å²) in [5.74, 6) is 1.42. The zero-order valence-electron chi connectivity index (χ0n) is 18.6. The SMILES string of the molecule is COc1nc2[nH]ncc2cc1Nc1ncnc2sc3c(c12)CC[C@H](C(=O)[C@@]12CN[C@@H](CO1)C2)C3. The monoisotopic (exact) mass is 477 g/mol. The molecule has 3 aliphatic rings. The van der Waals surface area contributed by atoms with Gasteiger partial charge in [-0.1, -0.05) is 0 Å². The summed E-state index contributed by atoms with van der Waals surface area (Å²) in [6.45, 7) is 1.28. The average Bonchev–Trinajstić information content (AvgIpc) is 3.65. The van der Waals surface area contributed by atoms with Gasteiger partial charge in [-0.15, -0.1) is 11.3 Å². The number of pyridine rings is 1. The number of rotatable bonds is 5. The number of hydrogen-bond acceptors (Lipinski definition) is 10. The van der Waals surface area contributed by atoms with Gasteiger partial charge in [0, 0.05) is 35.2 Å².